The van der Waals surface area contributed by atoms with Crippen LogP contribution in [0.15, 0.2) is 29.2 Å². The van der Waals surface area contributed by atoms with Crippen molar-refractivity contribution in [3.05, 3.63) is 29.8 Å². The van der Waals surface area contributed by atoms with Crippen LogP contribution in [0.1, 0.15) is 38.2 Å². The molecule has 0 aliphatic heterocycles. The van der Waals surface area contributed by atoms with E-state index >= 15 is 0 Å². The Bertz CT molecular complexity index is 458. The van der Waals surface area contributed by atoms with Crippen LogP contribution in [0.4, 0.5) is 0 Å². The fraction of sp³-hybridized carbons (Fsp3) is 0.588. The van der Waals surface area contributed by atoms with Crippen LogP contribution in [0.25, 0.3) is 0 Å². The predicted octanol–water partition coefficient (Wildman–Crippen LogP) is 4.29. The Morgan fingerprint density at radius 1 is 1.29 bits per heavy atom. The minimum absolute atomic E-state index is 0.549. The minimum Gasteiger partial charge on any atom is -0.360 e. The smallest absolute Gasteiger partial charge is 0.169 e. The first-order valence-electron chi connectivity index (χ1n) is 7.74. The van der Waals surface area contributed by atoms with Crippen LogP contribution < -0.4 is 5.32 Å². The third-order valence-electron chi connectivity index (χ3n) is 4.35. The second-order valence-corrected chi connectivity index (χ2v) is 7.29. The molecule has 0 unspecified atom stereocenters. The lowest BCUT2D eigenvalue weighted by molar-refractivity contribution is 0.300. The van der Waals surface area contributed by atoms with Crippen molar-refractivity contribution in [2.24, 2.45) is 5.92 Å². The second kappa shape index (κ2) is 8.04. The first-order valence-corrected chi connectivity index (χ1v) is 9.38. The molecule has 1 aromatic carbocycles. The zero-order valence-corrected chi connectivity index (χ0v) is 14.9. The molecule has 1 fully saturated rings. The van der Waals surface area contributed by atoms with Crippen LogP contribution in [-0.2, 0) is 6.54 Å². The van der Waals surface area contributed by atoms with Crippen molar-refractivity contribution in [2.75, 3.05) is 13.3 Å². The van der Waals surface area contributed by atoms with Gasteiger partial charge in [-0.25, -0.2) is 0 Å². The van der Waals surface area contributed by atoms with Gasteiger partial charge in [0.05, 0.1) is 0 Å². The number of hydrogen-bond donors (Lipinski definition) is 1. The van der Waals surface area contributed by atoms with E-state index in [1.165, 1.54) is 36.1 Å². The molecule has 0 spiro atoms. The Morgan fingerprint density at radius 2 is 1.95 bits per heavy atom. The van der Waals surface area contributed by atoms with E-state index < -0.39 is 0 Å². The molecule has 0 heterocycles. The Kier molecular flexibility index (Phi) is 6.37. The zero-order valence-electron chi connectivity index (χ0n) is 13.3. The summed E-state index contributed by atoms with van der Waals surface area (Å²) in [6.07, 6.45) is 7.36. The van der Waals surface area contributed by atoms with Gasteiger partial charge in [0.2, 0.25) is 0 Å². The summed E-state index contributed by atoms with van der Waals surface area (Å²) >= 11 is 7.34. The SMILES string of the molecule is CSc1ccc(CN(C)C(=S)N[C@H]2CCCC[C@H]2C)cc1. The van der Waals surface area contributed by atoms with Gasteiger partial charge in [-0.15, -0.1) is 11.8 Å². The monoisotopic (exact) mass is 322 g/mol. The molecule has 1 aromatic rings. The van der Waals surface area contributed by atoms with Crippen LogP contribution in [-0.4, -0.2) is 29.4 Å². The van der Waals surface area contributed by atoms with Gasteiger partial charge in [-0.3, -0.25) is 0 Å². The lowest BCUT2D eigenvalue weighted by atomic mass is 9.86. The molecule has 2 atom stereocenters. The van der Waals surface area contributed by atoms with E-state index in [-0.39, 0.29) is 0 Å². The Hall–Kier alpha value is -0.740. The molecule has 1 aliphatic rings. The highest BCUT2D eigenvalue weighted by atomic mass is 32.2. The summed E-state index contributed by atoms with van der Waals surface area (Å²) in [6, 6.07) is 9.27. The lowest BCUT2D eigenvalue weighted by Crippen LogP contribution is -2.46. The van der Waals surface area contributed by atoms with E-state index in [4.69, 9.17) is 12.2 Å². The molecular weight excluding hydrogens is 296 g/mol. The molecule has 2 rings (SSSR count). The van der Waals surface area contributed by atoms with Crippen molar-refractivity contribution in [3.63, 3.8) is 0 Å². The van der Waals surface area contributed by atoms with Crippen LogP contribution in [0.3, 0.4) is 0 Å². The van der Waals surface area contributed by atoms with E-state index in [0.717, 1.165) is 17.6 Å². The molecule has 0 bridgehead atoms. The van der Waals surface area contributed by atoms with Crippen molar-refractivity contribution >= 4 is 29.1 Å². The first kappa shape index (κ1) is 16.6. The van der Waals surface area contributed by atoms with Crippen LogP contribution in [0.5, 0.6) is 0 Å². The summed E-state index contributed by atoms with van der Waals surface area (Å²) in [5.74, 6) is 0.728. The number of thiocarbonyl (C=S) groups is 1. The molecule has 116 valence electrons. The number of nitrogens with zero attached hydrogens (tertiary/aromatic N) is 1. The molecule has 21 heavy (non-hydrogen) atoms. The molecular formula is C17H26N2S2. The highest BCUT2D eigenvalue weighted by molar-refractivity contribution is 7.98. The molecule has 0 radical (unpaired) electrons. The molecule has 0 saturated heterocycles. The average molecular weight is 323 g/mol. The summed E-state index contributed by atoms with van der Waals surface area (Å²) in [7, 11) is 2.07. The largest absolute Gasteiger partial charge is 0.360 e. The maximum Gasteiger partial charge on any atom is 0.169 e. The topological polar surface area (TPSA) is 15.3 Å². The predicted molar refractivity (Wildman–Crippen MR) is 96.8 cm³/mol. The zero-order chi connectivity index (χ0) is 15.2. The summed E-state index contributed by atoms with van der Waals surface area (Å²) in [5, 5.41) is 4.44. The molecule has 0 amide bonds. The maximum absolute atomic E-state index is 5.57. The number of nitrogens with one attached hydrogen (secondary N) is 1. The maximum atomic E-state index is 5.57. The van der Waals surface area contributed by atoms with Crippen molar-refractivity contribution < 1.29 is 0 Å². The summed E-state index contributed by atoms with van der Waals surface area (Å²) in [5.41, 5.74) is 1.30. The van der Waals surface area contributed by atoms with Crippen LogP contribution in [0, 0.1) is 5.92 Å². The molecule has 1 N–H and O–H groups in total. The van der Waals surface area contributed by atoms with Gasteiger partial charge >= 0.3 is 0 Å². The summed E-state index contributed by atoms with van der Waals surface area (Å²) in [6.45, 7) is 3.20. The molecule has 1 aliphatic carbocycles. The van der Waals surface area contributed by atoms with Gasteiger partial charge in [-0.05, 0) is 54.9 Å². The van der Waals surface area contributed by atoms with Gasteiger partial charge in [0.1, 0.15) is 0 Å². The van der Waals surface area contributed by atoms with Crippen molar-refractivity contribution in [2.45, 2.75) is 50.1 Å². The Labute approximate surface area is 138 Å². The van der Waals surface area contributed by atoms with Crippen LogP contribution in [0.2, 0.25) is 0 Å². The quantitative estimate of drug-likeness (QED) is 0.656. The third-order valence-corrected chi connectivity index (χ3v) is 5.52. The van der Waals surface area contributed by atoms with Gasteiger partial charge in [0.15, 0.2) is 5.11 Å². The van der Waals surface area contributed by atoms with E-state index in [1.807, 2.05) is 0 Å². The fourth-order valence-electron chi connectivity index (χ4n) is 2.88. The van der Waals surface area contributed by atoms with Gasteiger partial charge in [-0.1, -0.05) is 31.9 Å². The molecule has 2 nitrogen and oxygen atoms in total. The number of thioether (sulfide) groups is 1. The van der Waals surface area contributed by atoms with Crippen LogP contribution >= 0.6 is 24.0 Å². The van der Waals surface area contributed by atoms with Crippen molar-refractivity contribution in [3.8, 4) is 0 Å². The Balaban J connectivity index is 1.86. The molecule has 1 saturated carbocycles. The van der Waals surface area contributed by atoms with Crippen molar-refractivity contribution in [1.29, 1.82) is 0 Å². The van der Waals surface area contributed by atoms with E-state index in [9.17, 15) is 0 Å². The van der Waals surface area contributed by atoms with Gasteiger partial charge < -0.3 is 10.2 Å². The first-order chi connectivity index (χ1) is 10.1. The van der Waals surface area contributed by atoms with Crippen molar-refractivity contribution in [1.82, 2.24) is 10.2 Å². The van der Waals surface area contributed by atoms with Gasteiger partial charge in [-0.2, -0.15) is 0 Å². The summed E-state index contributed by atoms with van der Waals surface area (Å²) in [4.78, 5) is 3.45. The van der Waals surface area contributed by atoms with E-state index in [0.29, 0.717) is 6.04 Å². The van der Waals surface area contributed by atoms with E-state index in [1.54, 1.807) is 11.8 Å². The Morgan fingerprint density at radius 3 is 2.57 bits per heavy atom. The lowest BCUT2D eigenvalue weighted by Gasteiger charge is -2.33. The summed E-state index contributed by atoms with van der Waals surface area (Å²) < 4.78 is 0. The second-order valence-electron chi connectivity index (χ2n) is 6.02. The average Bonchev–Trinajstić information content (AvgIpc) is 2.50. The van der Waals surface area contributed by atoms with E-state index in [2.05, 4.69) is 54.7 Å². The van der Waals surface area contributed by atoms with Gasteiger partial charge in [0, 0.05) is 24.5 Å². The minimum atomic E-state index is 0.549. The highest BCUT2D eigenvalue weighted by Crippen LogP contribution is 2.24. The standard InChI is InChI=1S/C17H26N2S2/c1-13-6-4-5-7-16(13)18-17(20)19(2)12-14-8-10-15(21-3)11-9-14/h8-11,13,16H,4-7,12H2,1-3H3,(H,18,20)/t13-,16+/m1/s1. The number of rotatable bonds is 4. The third kappa shape index (κ3) is 4.89. The highest BCUT2D eigenvalue weighted by Gasteiger charge is 2.22. The number of hydrogen-bond acceptors (Lipinski definition) is 2. The molecule has 4 heteroatoms. The molecule has 0 aromatic heterocycles. The normalized spacial score (nSPS) is 21.9. The fourth-order valence-corrected chi connectivity index (χ4v) is 3.50. The van der Waals surface area contributed by atoms with Gasteiger partial charge in [0.25, 0.3) is 0 Å². The number of benzene rings is 1.